The first kappa shape index (κ1) is 17.1. The second kappa shape index (κ2) is 6.91. The summed E-state index contributed by atoms with van der Waals surface area (Å²) in [6, 6.07) is 9.10. The van der Waals surface area contributed by atoms with Crippen LogP contribution in [0, 0.1) is 6.92 Å². The van der Waals surface area contributed by atoms with Crippen LogP contribution in [0.3, 0.4) is 0 Å². The molecule has 0 saturated carbocycles. The summed E-state index contributed by atoms with van der Waals surface area (Å²) in [6.07, 6.45) is 0.686. The van der Waals surface area contributed by atoms with Gasteiger partial charge in [-0.25, -0.2) is 13.1 Å². The predicted molar refractivity (Wildman–Crippen MR) is 94.3 cm³/mol. The van der Waals surface area contributed by atoms with Crippen molar-refractivity contribution in [2.45, 2.75) is 31.2 Å². The number of nitrogens with one attached hydrogen (secondary N) is 1. The maximum Gasteiger partial charge on any atom is 0.242 e. The molecule has 3 nitrogen and oxygen atoms in total. The number of rotatable bonds is 5. The van der Waals surface area contributed by atoms with Gasteiger partial charge in [0.05, 0.1) is 8.68 Å². The molecule has 2 aromatic rings. The summed E-state index contributed by atoms with van der Waals surface area (Å²) in [5.41, 5.74) is 0.955. The summed E-state index contributed by atoms with van der Waals surface area (Å²) >= 11 is 8.14. The Labute approximate surface area is 146 Å². The highest BCUT2D eigenvalue weighted by Gasteiger charge is 2.23. The fourth-order valence-corrected chi connectivity index (χ4v) is 6.02. The van der Waals surface area contributed by atoms with Crippen LogP contribution in [0.1, 0.15) is 29.8 Å². The second-order valence-corrected chi connectivity index (χ2v) is 9.84. The van der Waals surface area contributed by atoms with Gasteiger partial charge in [-0.05, 0) is 53.0 Å². The maximum atomic E-state index is 12.5. The average Bonchev–Trinajstić information content (AvgIpc) is 2.77. The van der Waals surface area contributed by atoms with E-state index >= 15 is 0 Å². The van der Waals surface area contributed by atoms with Crippen molar-refractivity contribution in [1.82, 2.24) is 4.72 Å². The topological polar surface area (TPSA) is 46.2 Å². The summed E-state index contributed by atoms with van der Waals surface area (Å²) in [7, 11) is -3.52. The van der Waals surface area contributed by atoms with E-state index in [9.17, 15) is 8.42 Å². The minimum absolute atomic E-state index is 0.235. The van der Waals surface area contributed by atoms with Gasteiger partial charge in [0.2, 0.25) is 10.0 Å². The van der Waals surface area contributed by atoms with Crippen molar-refractivity contribution >= 4 is 53.2 Å². The van der Waals surface area contributed by atoms with Gasteiger partial charge < -0.3 is 0 Å². The Hall–Kier alpha value is -0.210. The van der Waals surface area contributed by atoms with Crippen LogP contribution in [0.15, 0.2) is 43.5 Å². The molecule has 114 valence electrons. The molecule has 0 aliphatic carbocycles. The van der Waals surface area contributed by atoms with Crippen LogP contribution in [-0.4, -0.2) is 8.42 Å². The van der Waals surface area contributed by atoms with Gasteiger partial charge in [-0.1, -0.05) is 35.0 Å². The van der Waals surface area contributed by atoms with Crippen LogP contribution < -0.4 is 4.72 Å². The lowest BCUT2D eigenvalue weighted by atomic mass is 10.1. The third-order valence-electron chi connectivity index (χ3n) is 3.11. The number of halogens is 2. The monoisotopic (exact) mass is 451 g/mol. The quantitative estimate of drug-likeness (QED) is 0.692. The van der Waals surface area contributed by atoms with Crippen LogP contribution in [0.25, 0.3) is 0 Å². The molecule has 1 aromatic carbocycles. The Kier molecular flexibility index (Phi) is 5.65. The predicted octanol–water partition coefficient (Wildman–Crippen LogP) is 5.01. The average molecular weight is 453 g/mol. The first-order chi connectivity index (χ1) is 9.83. The van der Waals surface area contributed by atoms with Gasteiger partial charge in [-0.15, -0.1) is 11.3 Å². The van der Waals surface area contributed by atoms with Crippen LogP contribution >= 0.6 is 43.2 Å². The van der Waals surface area contributed by atoms with Gasteiger partial charge >= 0.3 is 0 Å². The number of aryl methyl sites for hydroxylation is 1. The number of thiophene rings is 1. The van der Waals surface area contributed by atoms with E-state index in [1.165, 1.54) is 11.3 Å². The molecule has 1 unspecified atom stereocenters. The van der Waals surface area contributed by atoms with E-state index in [4.69, 9.17) is 0 Å². The van der Waals surface area contributed by atoms with Crippen molar-refractivity contribution < 1.29 is 8.42 Å². The molecule has 2 rings (SSSR count). The standard InChI is InChI=1S/C14H15Br2NO2S2/c1-3-12(10-4-6-11(15)7-5-10)17-21(18,19)13-8-14(16)20-9(13)2/h4-8,12,17H,3H2,1-2H3. The Balaban J connectivity index is 2.29. The van der Waals surface area contributed by atoms with Crippen molar-refractivity contribution in [2.75, 3.05) is 0 Å². The lowest BCUT2D eigenvalue weighted by molar-refractivity contribution is 0.550. The summed E-state index contributed by atoms with van der Waals surface area (Å²) < 4.78 is 29.7. The lowest BCUT2D eigenvalue weighted by Gasteiger charge is -2.17. The van der Waals surface area contributed by atoms with Gasteiger partial charge in [0.1, 0.15) is 0 Å². The van der Waals surface area contributed by atoms with Gasteiger partial charge in [-0.3, -0.25) is 0 Å². The molecule has 1 aromatic heterocycles. The molecule has 0 aliphatic rings. The van der Waals surface area contributed by atoms with Gasteiger partial charge in [0.25, 0.3) is 0 Å². The van der Waals surface area contributed by atoms with E-state index in [1.807, 2.05) is 38.1 Å². The largest absolute Gasteiger partial charge is 0.242 e. The van der Waals surface area contributed by atoms with Crippen LogP contribution in [-0.2, 0) is 10.0 Å². The Morgan fingerprint density at radius 1 is 1.24 bits per heavy atom. The molecule has 1 N–H and O–H groups in total. The fourth-order valence-electron chi connectivity index (χ4n) is 2.03. The van der Waals surface area contributed by atoms with Crippen molar-refractivity contribution in [3.05, 3.63) is 49.0 Å². The molecule has 21 heavy (non-hydrogen) atoms. The number of hydrogen-bond acceptors (Lipinski definition) is 3. The molecule has 1 heterocycles. The molecular formula is C14H15Br2NO2S2. The second-order valence-electron chi connectivity index (χ2n) is 4.60. The zero-order valence-corrected chi connectivity index (χ0v) is 16.4. The first-order valence-corrected chi connectivity index (χ1v) is 10.3. The van der Waals surface area contributed by atoms with Gasteiger partial charge in [0.15, 0.2) is 0 Å². The third-order valence-corrected chi connectivity index (χ3v) is 6.92. The van der Waals surface area contributed by atoms with E-state index < -0.39 is 10.0 Å². The highest BCUT2D eigenvalue weighted by atomic mass is 79.9. The van der Waals surface area contributed by atoms with Crippen LogP contribution in [0.5, 0.6) is 0 Å². The summed E-state index contributed by atoms with van der Waals surface area (Å²) in [5, 5.41) is 0. The van der Waals surface area contributed by atoms with Gasteiger partial charge in [-0.2, -0.15) is 0 Å². The lowest BCUT2D eigenvalue weighted by Crippen LogP contribution is -2.28. The number of benzene rings is 1. The van der Waals surface area contributed by atoms with Gasteiger partial charge in [0, 0.05) is 15.4 Å². The first-order valence-electron chi connectivity index (χ1n) is 6.37. The molecule has 0 bridgehead atoms. The third kappa shape index (κ3) is 4.16. The van der Waals surface area contributed by atoms with Crippen LogP contribution in [0.4, 0.5) is 0 Å². The molecule has 0 fully saturated rings. The minimum atomic E-state index is -3.52. The highest BCUT2D eigenvalue weighted by Crippen LogP contribution is 2.31. The summed E-state index contributed by atoms with van der Waals surface area (Å²) in [5.74, 6) is 0. The summed E-state index contributed by atoms with van der Waals surface area (Å²) in [6.45, 7) is 3.77. The Bertz CT molecular complexity index is 724. The van der Waals surface area contributed by atoms with E-state index in [-0.39, 0.29) is 6.04 Å². The van der Waals surface area contributed by atoms with Crippen molar-refractivity contribution in [3.8, 4) is 0 Å². The van der Waals surface area contributed by atoms with E-state index in [0.29, 0.717) is 11.3 Å². The molecule has 0 aliphatic heterocycles. The molecule has 1 atom stereocenters. The van der Waals surface area contributed by atoms with Crippen molar-refractivity contribution in [2.24, 2.45) is 0 Å². The molecule has 7 heteroatoms. The normalized spacial score (nSPS) is 13.3. The Morgan fingerprint density at radius 2 is 1.86 bits per heavy atom. The fraction of sp³-hybridized carbons (Fsp3) is 0.286. The molecule has 0 radical (unpaired) electrons. The zero-order valence-electron chi connectivity index (χ0n) is 11.6. The highest BCUT2D eigenvalue weighted by molar-refractivity contribution is 9.11. The zero-order chi connectivity index (χ0) is 15.6. The molecule has 0 saturated heterocycles. The van der Waals surface area contributed by atoms with E-state index in [1.54, 1.807) is 6.07 Å². The van der Waals surface area contributed by atoms with Crippen molar-refractivity contribution in [3.63, 3.8) is 0 Å². The molecule has 0 amide bonds. The molecule has 0 spiro atoms. The smallest absolute Gasteiger partial charge is 0.207 e. The number of sulfonamides is 1. The van der Waals surface area contributed by atoms with E-state index in [0.717, 1.165) is 18.7 Å². The molecular weight excluding hydrogens is 438 g/mol. The maximum absolute atomic E-state index is 12.5. The van der Waals surface area contributed by atoms with Crippen molar-refractivity contribution in [1.29, 1.82) is 0 Å². The minimum Gasteiger partial charge on any atom is -0.207 e. The SMILES string of the molecule is CCC(NS(=O)(=O)c1cc(Br)sc1C)c1ccc(Br)cc1. The number of hydrogen-bond donors (Lipinski definition) is 1. The van der Waals surface area contributed by atoms with E-state index in [2.05, 4.69) is 36.6 Å². The van der Waals surface area contributed by atoms with Crippen LogP contribution in [0.2, 0.25) is 0 Å². The Morgan fingerprint density at radius 3 is 2.33 bits per heavy atom. The summed E-state index contributed by atoms with van der Waals surface area (Å²) in [4.78, 5) is 1.12.